The highest BCUT2D eigenvalue weighted by molar-refractivity contribution is 6.01. The largest absolute Gasteiger partial charge is 0.491 e. The average Bonchev–Trinajstić information content (AvgIpc) is 3.30. The van der Waals surface area contributed by atoms with Gasteiger partial charge in [0.2, 0.25) is 0 Å². The Morgan fingerprint density at radius 3 is 2.03 bits per heavy atom. The first kappa shape index (κ1) is 25.0. The van der Waals surface area contributed by atoms with Gasteiger partial charge in [-0.25, -0.2) is 0 Å². The molecular formula is C27H36N2O4. The van der Waals surface area contributed by atoms with E-state index < -0.39 is 0 Å². The zero-order valence-corrected chi connectivity index (χ0v) is 20.5. The molecule has 2 heterocycles. The third kappa shape index (κ3) is 7.16. The fraction of sp³-hybridized carbons (Fsp3) is 0.444. The van der Waals surface area contributed by atoms with Crippen LogP contribution in [0.15, 0.2) is 52.7 Å². The van der Waals surface area contributed by atoms with Gasteiger partial charge in [-0.2, -0.15) is 0 Å². The maximum Gasteiger partial charge on any atom is 0.119 e. The van der Waals surface area contributed by atoms with Gasteiger partial charge in [0.05, 0.1) is 44.4 Å². The number of rotatable bonds is 13. The number of aliphatic imine (C=N–C) groups is 1. The highest BCUT2D eigenvalue weighted by Crippen LogP contribution is 2.35. The lowest BCUT2D eigenvalue weighted by atomic mass is 9.96. The van der Waals surface area contributed by atoms with Gasteiger partial charge in [0.1, 0.15) is 12.4 Å². The van der Waals surface area contributed by atoms with Crippen molar-refractivity contribution in [2.45, 2.75) is 34.6 Å². The summed E-state index contributed by atoms with van der Waals surface area (Å²) in [5, 5.41) is 0. The van der Waals surface area contributed by atoms with Gasteiger partial charge in [-0.1, -0.05) is 12.1 Å². The summed E-state index contributed by atoms with van der Waals surface area (Å²) in [4.78, 5) is 8.34. The van der Waals surface area contributed by atoms with Gasteiger partial charge in [0.15, 0.2) is 0 Å². The van der Waals surface area contributed by atoms with Crippen molar-refractivity contribution in [2.24, 2.45) is 4.99 Å². The van der Waals surface area contributed by atoms with Crippen LogP contribution in [0, 0.1) is 13.8 Å². The first-order valence-corrected chi connectivity index (χ1v) is 11.6. The number of aryl methyl sites for hydroxylation is 2. The van der Waals surface area contributed by atoms with E-state index in [4.69, 9.17) is 23.9 Å². The topological polar surface area (TPSA) is 65.1 Å². The summed E-state index contributed by atoms with van der Waals surface area (Å²) in [6.45, 7) is 14.4. The van der Waals surface area contributed by atoms with Gasteiger partial charge < -0.3 is 23.9 Å². The second-order valence-electron chi connectivity index (χ2n) is 8.11. The van der Waals surface area contributed by atoms with Crippen molar-refractivity contribution in [3.8, 4) is 5.75 Å². The summed E-state index contributed by atoms with van der Waals surface area (Å²) >= 11 is 0. The van der Waals surface area contributed by atoms with Crippen molar-refractivity contribution >= 4 is 11.3 Å². The number of aromatic nitrogens is 1. The van der Waals surface area contributed by atoms with E-state index in [9.17, 15) is 0 Å². The van der Waals surface area contributed by atoms with Crippen molar-refractivity contribution in [1.82, 2.24) is 4.98 Å². The zero-order valence-electron chi connectivity index (χ0n) is 20.5. The molecule has 1 N–H and O–H groups in total. The van der Waals surface area contributed by atoms with Crippen molar-refractivity contribution < 1.29 is 18.9 Å². The number of benzene rings is 1. The van der Waals surface area contributed by atoms with Crippen LogP contribution in [-0.2, 0) is 14.2 Å². The molecule has 6 nitrogen and oxygen atoms in total. The highest BCUT2D eigenvalue weighted by atomic mass is 16.6. The minimum Gasteiger partial charge on any atom is -0.491 e. The summed E-state index contributed by atoms with van der Waals surface area (Å²) in [5.74, 6) is 0.817. The van der Waals surface area contributed by atoms with Crippen molar-refractivity contribution in [1.29, 1.82) is 0 Å². The number of nitrogens with one attached hydrogen (secondary N) is 1. The maximum absolute atomic E-state index is 5.85. The predicted molar refractivity (Wildman–Crippen MR) is 133 cm³/mol. The first-order chi connectivity index (χ1) is 16.0. The fourth-order valence-corrected chi connectivity index (χ4v) is 3.84. The van der Waals surface area contributed by atoms with E-state index in [0.717, 1.165) is 39.7 Å². The zero-order chi connectivity index (χ0) is 23.6. The van der Waals surface area contributed by atoms with Crippen LogP contribution in [-0.4, -0.2) is 56.9 Å². The lowest BCUT2D eigenvalue weighted by molar-refractivity contribution is 0.0114. The Morgan fingerprint density at radius 2 is 1.48 bits per heavy atom. The normalized spacial score (nSPS) is 14.9. The molecule has 178 valence electrons. The van der Waals surface area contributed by atoms with Crippen LogP contribution in [0.4, 0.5) is 0 Å². The molecule has 0 bridgehead atoms. The smallest absolute Gasteiger partial charge is 0.119 e. The fourth-order valence-electron chi connectivity index (χ4n) is 3.84. The molecule has 0 amide bonds. The Balaban J connectivity index is 1.58. The Bertz CT molecular complexity index is 1000. The quantitative estimate of drug-likeness (QED) is 0.421. The first-order valence-electron chi connectivity index (χ1n) is 11.6. The summed E-state index contributed by atoms with van der Waals surface area (Å²) in [6.07, 6.45) is 2.13. The average molecular weight is 453 g/mol. The van der Waals surface area contributed by atoms with Gasteiger partial charge >= 0.3 is 0 Å². The molecular weight excluding hydrogens is 416 g/mol. The minimum atomic E-state index is 0.493. The van der Waals surface area contributed by atoms with Gasteiger partial charge in [-0.3, -0.25) is 4.99 Å². The number of H-pyrrole nitrogens is 1. The standard InChI is InChI=1S/C27H36N2O4/c1-6-30-11-12-31-13-14-32-15-16-33-24-9-7-23(8-10-24)25(26-19(2)17-21(4)28-26)27-20(3)18-22(5)29-27/h7-10,17-18,28H,6,11-16H2,1-5H3/b27-25-. The summed E-state index contributed by atoms with van der Waals surface area (Å²) in [5.41, 5.74) is 8.90. The maximum atomic E-state index is 5.85. The Kier molecular flexibility index (Phi) is 9.48. The molecule has 1 aliphatic rings. The molecule has 0 aliphatic carbocycles. The molecule has 1 aromatic carbocycles. The molecule has 1 aliphatic heterocycles. The number of nitrogens with zero attached hydrogens (tertiary/aromatic N) is 1. The summed E-state index contributed by atoms with van der Waals surface area (Å²) < 4.78 is 22.1. The van der Waals surface area contributed by atoms with Crippen LogP contribution < -0.4 is 4.74 Å². The van der Waals surface area contributed by atoms with Crippen LogP contribution in [0.25, 0.3) is 5.57 Å². The lowest BCUT2D eigenvalue weighted by Gasteiger charge is -2.13. The molecule has 3 rings (SSSR count). The van der Waals surface area contributed by atoms with E-state index in [1.165, 1.54) is 11.1 Å². The number of hydrogen-bond donors (Lipinski definition) is 1. The molecule has 0 saturated heterocycles. The highest BCUT2D eigenvalue weighted by Gasteiger charge is 2.20. The minimum absolute atomic E-state index is 0.493. The van der Waals surface area contributed by atoms with Crippen LogP contribution in [0.5, 0.6) is 5.75 Å². The van der Waals surface area contributed by atoms with Crippen LogP contribution in [0.3, 0.4) is 0 Å². The van der Waals surface area contributed by atoms with Crippen LogP contribution in [0.2, 0.25) is 0 Å². The SMILES string of the molecule is CCOCCOCCOCCOc1ccc(/C(=C2/N=C(C)C=C2C)c2[nH]c(C)cc2C)cc1. The Labute approximate surface area is 197 Å². The van der Waals surface area contributed by atoms with E-state index >= 15 is 0 Å². The van der Waals surface area contributed by atoms with Crippen molar-refractivity contribution in [2.75, 3.05) is 46.2 Å². The molecule has 33 heavy (non-hydrogen) atoms. The van der Waals surface area contributed by atoms with E-state index in [2.05, 4.69) is 50.0 Å². The monoisotopic (exact) mass is 452 g/mol. The second kappa shape index (κ2) is 12.5. The summed E-state index contributed by atoms with van der Waals surface area (Å²) in [6, 6.07) is 10.4. The lowest BCUT2D eigenvalue weighted by Crippen LogP contribution is -2.12. The third-order valence-electron chi connectivity index (χ3n) is 5.31. The van der Waals surface area contributed by atoms with E-state index in [-0.39, 0.29) is 0 Å². The molecule has 0 saturated carbocycles. The molecule has 6 heteroatoms. The second-order valence-corrected chi connectivity index (χ2v) is 8.11. The van der Waals surface area contributed by atoms with E-state index in [1.54, 1.807) is 0 Å². The Morgan fingerprint density at radius 1 is 0.848 bits per heavy atom. The summed E-state index contributed by atoms with van der Waals surface area (Å²) in [7, 11) is 0. The van der Waals surface area contributed by atoms with Gasteiger partial charge in [0, 0.05) is 23.6 Å². The molecule has 0 spiro atoms. The van der Waals surface area contributed by atoms with E-state index in [1.807, 2.05) is 26.0 Å². The van der Waals surface area contributed by atoms with Gasteiger partial charge in [0.25, 0.3) is 0 Å². The van der Waals surface area contributed by atoms with Crippen LogP contribution in [0.1, 0.15) is 43.3 Å². The van der Waals surface area contributed by atoms with Crippen molar-refractivity contribution in [3.63, 3.8) is 0 Å². The number of allylic oxidation sites excluding steroid dienone is 2. The molecule has 0 fully saturated rings. The molecule has 2 aromatic rings. The Hall–Kier alpha value is -2.67. The number of aromatic amines is 1. The van der Waals surface area contributed by atoms with E-state index in [0.29, 0.717) is 46.2 Å². The van der Waals surface area contributed by atoms with Crippen LogP contribution >= 0.6 is 0 Å². The molecule has 1 aromatic heterocycles. The molecule has 0 atom stereocenters. The molecule has 0 radical (unpaired) electrons. The number of ether oxygens (including phenoxy) is 4. The van der Waals surface area contributed by atoms with Gasteiger partial charge in [-0.05, 0) is 75.6 Å². The predicted octanol–water partition coefficient (Wildman–Crippen LogP) is 5.26. The number of hydrogen-bond acceptors (Lipinski definition) is 5. The van der Waals surface area contributed by atoms with Gasteiger partial charge in [-0.15, -0.1) is 0 Å². The van der Waals surface area contributed by atoms with Crippen molar-refractivity contribution in [3.05, 3.63) is 70.2 Å². The molecule has 0 unspecified atom stereocenters. The third-order valence-corrected chi connectivity index (χ3v) is 5.31.